The average molecular weight is 274 g/mol. The zero-order chi connectivity index (χ0) is 14.2. The molecule has 1 fully saturated rings. The summed E-state index contributed by atoms with van der Waals surface area (Å²) in [4.78, 5) is 14.3. The first-order chi connectivity index (χ1) is 9.57. The van der Waals surface area contributed by atoms with Gasteiger partial charge in [-0.1, -0.05) is 24.3 Å². The highest BCUT2D eigenvalue weighted by atomic mass is 16.3. The van der Waals surface area contributed by atoms with Gasteiger partial charge in [0.25, 0.3) is 0 Å². The van der Waals surface area contributed by atoms with Crippen molar-refractivity contribution < 1.29 is 9.90 Å². The molecule has 0 spiro atoms. The molecule has 1 aromatic rings. The topological polar surface area (TPSA) is 52.6 Å². The normalized spacial score (nSPS) is 25.7. The zero-order valence-electron chi connectivity index (χ0n) is 11.9. The van der Waals surface area contributed by atoms with E-state index in [4.69, 9.17) is 0 Å². The molecular weight excluding hydrogens is 252 g/mol. The molecule has 0 saturated carbocycles. The first kappa shape index (κ1) is 13.6. The molecule has 1 saturated heterocycles. The fraction of sp³-hybridized carbons (Fsp3) is 0.562. The van der Waals surface area contributed by atoms with Crippen LogP contribution >= 0.6 is 0 Å². The van der Waals surface area contributed by atoms with Gasteiger partial charge in [-0.3, -0.25) is 4.79 Å². The predicted molar refractivity (Wildman–Crippen MR) is 77.4 cm³/mol. The largest absolute Gasteiger partial charge is 0.387 e. The fourth-order valence-corrected chi connectivity index (χ4v) is 3.43. The lowest BCUT2D eigenvalue weighted by molar-refractivity contribution is -0.136. The lowest BCUT2D eigenvalue weighted by atomic mass is 10.0. The fourth-order valence-electron chi connectivity index (χ4n) is 3.43. The van der Waals surface area contributed by atoms with Crippen LogP contribution in [0.15, 0.2) is 24.3 Å². The summed E-state index contributed by atoms with van der Waals surface area (Å²) in [6.07, 6.45) is 2.38. The molecule has 0 aromatic heterocycles. The minimum Gasteiger partial charge on any atom is -0.387 e. The van der Waals surface area contributed by atoms with Gasteiger partial charge in [0.15, 0.2) is 0 Å². The lowest BCUT2D eigenvalue weighted by Crippen LogP contribution is -2.47. The van der Waals surface area contributed by atoms with Gasteiger partial charge in [-0.2, -0.15) is 0 Å². The average Bonchev–Trinajstić information content (AvgIpc) is 3.03. The Kier molecular flexibility index (Phi) is 3.52. The molecule has 0 radical (unpaired) electrons. The van der Waals surface area contributed by atoms with Crippen LogP contribution < -0.4 is 5.32 Å². The number of nitrogens with zero attached hydrogens (tertiary/aromatic N) is 1. The quantitative estimate of drug-likeness (QED) is 0.848. The molecule has 2 aliphatic rings. The number of β-amino-alcohol motifs (C(OH)–C–C–N with tert-alkyl or cyclic N) is 1. The molecule has 3 rings (SSSR count). The predicted octanol–water partition coefficient (Wildman–Crippen LogP) is 0.584. The number of hydrogen-bond donors (Lipinski definition) is 2. The molecule has 1 aromatic carbocycles. The van der Waals surface area contributed by atoms with Crippen LogP contribution in [0.5, 0.6) is 0 Å². The van der Waals surface area contributed by atoms with E-state index in [0.29, 0.717) is 13.1 Å². The van der Waals surface area contributed by atoms with Crippen LogP contribution in [0.1, 0.15) is 17.5 Å². The molecule has 1 heterocycles. The number of benzene rings is 1. The molecule has 1 atom stereocenters. The van der Waals surface area contributed by atoms with Crippen molar-refractivity contribution in [2.45, 2.75) is 24.9 Å². The van der Waals surface area contributed by atoms with Crippen molar-refractivity contribution in [3.05, 3.63) is 35.4 Å². The maximum absolute atomic E-state index is 12.5. The number of aliphatic hydroxyl groups is 1. The van der Waals surface area contributed by atoms with Crippen molar-refractivity contribution in [2.75, 3.05) is 26.7 Å². The first-order valence-corrected chi connectivity index (χ1v) is 7.32. The number of fused-ring (bicyclic) bond motifs is 1. The van der Waals surface area contributed by atoms with Crippen molar-refractivity contribution in [3.8, 4) is 0 Å². The highest BCUT2D eigenvalue weighted by Gasteiger charge is 2.36. The Morgan fingerprint density at radius 2 is 2.05 bits per heavy atom. The van der Waals surface area contributed by atoms with Gasteiger partial charge in [0.05, 0.1) is 12.1 Å². The van der Waals surface area contributed by atoms with Crippen LogP contribution in [-0.2, 0) is 17.6 Å². The van der Waals surface area contributed by atoms with Gasteiger partial charge in [-0.05, 0) is 36.9 Å². The summed E-state index contributed by atoms with van der Waals surface area (Å²) >= 11 is 0. The van der Waals surface area contributed by atoms with Crippen molar-refractivity contribution in [1.82, 2.24) is 10.2 Å². The van der Waals surface area contributed by atoms with E-state index in [1.54, 1.807) is 4.90 Å². The first-order valence-electron chi connectivity index (χ1n) is 7.32. The van der Waals surface area contributed by atoms with Crippen LogP contribution in [-0.4, -0.2) is 48.2 Å². The maximum atomic E-state index is 12.5. The Hall–Kier alpha value is -1.39. The minimum atomic E-state index is -0.754. The van der Waals surface area contributed by atoms with Crippen molar-refractivity contribution in [2.24, 2.45) is 5.92 Å². The van der Waals surface area contributed by atoms with E-state index in [0.717, 1.165) is 25.8 Å². The second-order valence-electron chi connectivity index (χ2n) is 6.22. The third kappa shape index (κ3) is 2.58. The Morgan fingerprint density at radius 1 is 1.40 bits per heavy atom. The van der Waals surface area contributed by atoms with Crippen molar-refractivity contribution >= 4 is 5.91 Å². The van der Waals surface area contributed by atoms with Crippen molar-refractivity contribution in [1.29, 1.82) is 0 Å². The van der Waals surface area contributed by atoms with E-state index in [1.165, 1.54) is 11.1 Å². The summed E-state index contributed by atoms with van der Waals surface area (Å²) in [5.41, 5.74) is 1.83. The molecule has 20 heavy (non-hydrogen) atoms. The number of likely N-dealkylation sites (N-methyl/N-ethyl adjacent to an activating group) is 1. The van der Waals surface area contributed by atoms with Crippen LogP contribution in [0.4, 0.5) is 0 Å². The summed E-state index contributed by atoms with van der Waals surface area (Å²) in [5, 5.41) is 13.5. The molecule has 0 bridgehead atoms. The van der Waals surface area contributed by atoms with Crippen LogP contribution in [0.2, 0.25) is 0 Å². The molecule has 4 heteroatoms. The summed E-state index contributed by atoms with van der Waals surface area (Å²) in [6.45, 7) is 1.83. The highest BCUT2D eigenvalue weighted by molar-refractivity contribution is 5.80. The Labute approximate surface area is 119 Å². The maximum Gasteiger partial charge on any atom is 0.226 e. The van der Waals surface area contributed by atoms with Gasteiger partial charge in [-0.25, -0.2) is 0 Å². The van der Waals surface area contributed by atoms with Gasteiger partial charge in [-0.15, -0.1) is 0 Å². The summed E-state index contributed by atoms with van der Waals surface area (Å²) in [7, 11) is 1.81. The molecule has 1 aliphatic heterocycles. The van der Waals surface area contributed by atoms with Gasteiger partial charge < -0.3 is 15.3 Å². The second kappa shape index (κ2) is 5.19. The third-order valence-corrected chi connectivity index (χ3v) is 4.53. The minimum absolute atomic E-state index is 0.0374. The number of rotatable bonds is 3. The van der Waals surface area contributed by atoms with Gasteiger partial charge >= 0.3 is 0 Å². The number of nitrogens with one attached hydrogen (secondary N) is 1. The Balaban J connectivity index is 1.62. The van der Waals surface area contributed by atoms with E-state index in [-0.39, 0.29) is 11.8 Å². The molecule has 1 aliphatic carbocycles. The van der Waals surface area contributed by atoms with E-state index in [2.05, 4.69) is 17.4 Å². The van der Waals surface area contributed by atoms with Crippen LogP contribution in [0.25, 0.3) is 0 Å². The van der Waals surface area contributed by atoms with Crippen LogP contribution in [0.3, 0.4) is 0 Å². The SMILES string of the molecule is CN(CC1(O)CCNC1)C(=O)C1Cc2ccccc2C1. The highest BCUT2D eigenvalue weighted by Crippen LogP contribution is 2.28. The third-order valence-electron chi connectivity index (χ3n) is 4.53. The number of carbonyl (C=O) groups is 1. The smallest absolute Gasteiger partial charge is 0.226 e. The van der Waals surface area contributed by atoms with E-state index in [9.17, 15) is 9.90 Å². The molecule has 108 valence electrons. The van der Waals surface area contributed by atoms with Gasteiger partial charge in [0.1, 0.15) is 0 Å². The monoisotopic (exact) mass is 274 g/mol. The van der Waals surface area contributed by atoms with Crippen molar-refractivity contribution in [3.63, 3.8) is 0 Å². The number of carbonyl (C=O) groups excluding carboxylic acids is 1. The number of hydrogen-bond acceptors (Lipinski definition) is 3. The van der Waals surface area contributed by atoms with Crippen LogP contribution in [0, 0.1) is 5.92 Å². The number of amides is 1. The van der Waals surface area contributed by atoms with Gasteiger partial charge in [0.2, 0.25) is 5.91 Å². The molecule has 2 N–H and O–H groups in total. The zero-order valence-corrected chi connectivity index (χ0v) is 11.9. The summed E-state index contributed by atoms with van der Waals surface area (Å²) in [5.74, 6) is 0.192. The molecule has 4 nitrogen and oxygen atoms in total. The van der Waals surface area contributed by atoms with E-state index >= 15 is 0 Å². The molecule has 1 amide bonds. The summed E-state index contributed by atoms with van der Waals surface area (Å²) in [6, 6.07) is 8.28. The second-order valence-corrected chi connectivity index (χ2v) is 6.22. The summed E-state index contributed by atoms with van der Waals surface area (Å²) < 4.78 is 0. The van der Waals surface area contributed by atoms with Gasteiger partial charge in [0, 0.05) is 19.5 Å². The molecule has 1 unspecified atom stereocenters. The van der Waals surface area contributed by atoms with E-state index in [1.807, 2.05) is 19.2 Å². The lowest BCUT2D eigenvalue weighted by Gasteiger charge is -2.29. The standard InChI is InChI=1S/C16H22N2O2/c1-18(11-16(20)6-7-17-10-16)15(19)14-8-12-4-2-3-5-13(12)9-14/h2-5,14,17,20H,6-11H2,1H3. The Bertz CT molecular complexity index is 484. The molecular formula is C16H22N2O2. The van der Waals surface area contributed by atoms with E-state index < -0.39 is 5.60 Å². The Morgan fingerprint density at radius 3 is 2.60 bits per heavy atom.